The summed E-state index contributed by atoms with van der Waals surface area (Å²) in [6.45, 7) is 3.36. The molecule has 0 aliphatic carbocycles. The molecule has 10 heteroatoms. The maximum absolute atomic E-state index is 13.1. The summed E-state index contributed by atoms with van der Waals surface area (Å²) < 4.78 is 67.6. The predicted molar refractivity (Wildman–Crippen MR) is 143 cm³/mol. The standard InChI is InChI=1S/C29H25F3N2O4S/c1-3-39(36,37)23-11-8-20(9-12-23)17-28(35)34-22-10-13-24(26(18-22)21-14-15-33-19(2)16-21)25-6-4-5-7-27(25)38-29(30,31)32/h4-16,18H,3,17H2,1-2H3,(H,34,35). The number of nitrogens with zero attached hydrogens (tertiary/aromatic N) is 1. The number of halogens is 3. The van der Waals surface area contributed by atoms with Crippen molar-refractivity contribution in [1.82, 2.24) is 4.98 Å². The monoisotopic (exact) mass is 554 g/mol. The summed E-state index contributed by atoms with van der Waals surface area (Å²) in [7, 11) is -3.34. The Balaban J connectivity index is 1.66. The molecule has 0 saturated heterocycles. The van der Waals surface area contributed by atoms with E-state index in [1.54, 1.807) is 68.6 Å². The van der Waals surface area contributed by atoms with Crippen molar-refractivity contribution in [2.45, 2.75) is 31.5 Å². The first-order chi connectivity index (χ1) is 18.4. The topological polar surface area (TPSA) is 85.4 Å². The second kappa shape index (κ2) is 11.3. The molecule has 6 nitrogen and oxygen atoms in total. The molecular weight excluding hydrogens is 529 g/mol. The van der Waals surface area contributed by atoms with Crippen LogP contribution in [0.3, 0.4) is 0 Å². The number of aromatic nitrogens is 1. The van der Waals surface area contributed by atoms with Gasteiger partial charge in [-0.3, -0.25) is 9.78 Å². The quantitative estimate of drug-likeness (QED) is 0.265. The number of aryl methyl sites for hydroxylation is 1. The van der Waals surface area contributed by atoms with Crippen LogP contribution in [0.15, 0.2) is 90.0 Å². The smallest absolute Gasteiger partial charge is 0.405 e. The van der Waals surface area contributed by atoms with E-state index in [0.29, 0.717) is 33.6 Å². The Morgan fingerprint density at radius 1 is 0.923 bits per heavy atom. The fourth-order valence-electron chi connectivity index (χ4n) is 4.08. The molecule has 0 spiro atoms. The van der Waals surface area contributed by atoms with Gasteiger partial charge in [0.15, 0.2) is 9.84 Å². The number of hydrogen-bond acceptors (Lipinski definition) is 5. The van der Waals surface area contributed by atoms with Crippen LogP contribution in [0.2, 0.25) is 0 Å². The number of amides is 1. The number of nitrogens with one attached hydrogen (secondary N) is 1. The molecule has 0 aliphatic rings. The molecule has 4 rings (SSSR count). The zero-order valence-electron chi connectivity index (χ0n) is 21.1. The van der Waals surface area contributed by atoms with Gasteiger partial charge in [0.25, 0.3) is 0 Å². The van der Waals surface area contributed by atoms with Crippen LogP contribution in [0.4, 0.5) is 18.9 Å². The van der Waals surface area contributed by atoms with Crippen LogP contribution < -0.4 is 10.1 Å². The van der Waals surface area contributed by atoms with E-state index in [1.165, 1.54) is 30.3 Å². The average molecular weight is 555 g/mol. The Morgan fingerprint density at radius 2 is 1.64 bits per heavy atom. The van der Waals surface area contributed by atoms with E-state index in [1.807, 2.05) is 0 Å². The van der Waals surface area contributed by atoms with Crippen LogP contribution in [-0.4, -0.2) is 31.4 Å². The first-order valence-electron chi connectivity index (χ1n) is 12.0. The number of hydrogen-bond donors (Lipinski definition) is 1. The van der Waals surface area contributed by atoms with Gasteiger partial charge in [0, 0.05) is 23.1 Å². The van der Waals surface area contributed by atoms with Crippen LogP contribution in [0.25, 0.3) is 22.3 Å². The number of anilines is 1. The molecule has 0 atom stereocenters. The van der Waals surface area contributed by atoms with E-state index < -0.39 is 16.2 Å². The van der Waals surface area contributed by atoms with Crippen LogP contribution in [0.1, 0.15) is 18.2 Å². The Hall–Kier alpha value is -4.18. The lowest BCUT2D eigenvalue weighted by Crippen LogP contribution is -2.17. The maximum atomic E-state index is 13.1. The number of sulfone groups is 1. The van der Waals surface area contributed by atoms with Gasteiger partial charge in [-0.1, -0.05) is 43.3 Å². The van der Waals surface area contributed by atoms with Crippen LogP contribution in [-0.2, 0) is 21.1 Å². The number of carbonyl (C=O) groups is 1. The van der Waals surface area contributed by atoms with Crippen molar-refractivity contribution in [2.75, 3.05) is 11.1 Å². The van der Waals surface area contributed by atoms with E-state index >= 15 is 0 Å². The van der Waals surface area contributed by atoms with Crippen LogP contribution in [0.5, 0.6) is 5.75 Å². The Kier molecular flexibility index (Phi) is 8.06. The van der Waals surface area contributed by atoms with Crippen LogP contribution in [0, 0.1) is 6.92 Å². The number of para-hydroxylation sites is 1. The van der Waals surface area contributed by atoms with Gasteiger partial charge in [0.05, 0.1) is 17.1 Å². The molecule has 1 aromatic heterocycles. The lowest BCUT2D eigenvalue weighted by molar-refractivity contribution is -0.274. The molecule has 1 N–H and O–H groups in total. The van der Waals surface area contributed by atoms with E-state index in [2.05, 4.69) is 15.0 Å². The van der Waals surface area contributed by atoms with E-state index in [4.69, 9.17) is 0 Å². The minimum Gasteiger partial charge on any atom is -0.405 e. The van der Waals surface area contributed by atoms with Crippen molar-refractivity contribution in [2.24, 2.45) is 0 Å². The summed E-state index contributed by atoms with van der Waals surface area (Å²) in [6, 6.07) is 20.4. The largest absolute Gasteiger partial charge is 0.573 e. The third-order valence-electron chi connectivity index (χ3n) is 5.94. The molecular formula is C29H25F3N2O4S. The highest BCUT2D eigenvalue weighted by Gasteiger charge is 2.32. The van der Waals surface area contributed by atoms with Crippen LogP contribution >= 0.6 is 0 Å². The minimum atomic E-state index is -4.86. The molecule has 39 heavy (non-hydrogen) atoms. The SMILES string of the molecule is CCS(=O)(=O)c1ccc(CC(=O)Nc2ccc(-c3ccccc3OC(F)(F)F)c(-c3ccnc(C)c3)c2)cc1. The molecule has 1 heterocycles. The fourth-order valence-corrected chi connectivity index (χ4v) is 4.97. The average Bonchev–Trinajstić information content (AvgIpc) is 2.88. The lowest BCUT2D eigenvalue weighted by atomic mass is 9.93. The van der Waals surface area contributed by atoms with Gasteiger partial charge < -0.3 is 10.1 Å². The first-order valence-corrected chi connectivity index (χ1v) is 13.6. The number of benzene rings is 3. The lowest BCUT2D eigenvalue weighted by Gasteiger charge is -2.17. The molecule has 0 saturated carbocycles. The third-order valence-corrected chi connectivity index (χ3v) is 7.69. The Bertz CT molecular complexity index is 1600. The highest BCUT2D eigenvalue weighted by Crippen LogP contribution is 2.40. The number of pyridine rings is 1. The normalized spacial score (nSPS) is 11.7. The molecule has 0 aliphatic heterocycles. The van der Waals surface area contributed by atoms with Crippen molar-refractivity contribution in [3.63, 3.8) is 0 Å². The fraction of sp³-hybridized carbons (Fsp3) is 0.172. The highest BCUT2D eigenvalue weighted by atomic mass is 32.2. The van der Waals surface area contributed by atoms with Gasteiger partial charge in [-0.05, 0) is 71.6 Å². The molecule has 1 amide bonds. The summed E-state index contributed by atoms with van der Waals surface area (Å²) in [5, 5.41) is 2.82. The van der Waals surface area contributed by atoms with Gasteiger partial charge in [0.1, 0.15) is 5.75 Å². The van der Waals surface area contributed by atoms with Crippen molar-refractivity contribution in [3.05, 3.63) is 96.3 Å². The zero-order valence-corrected chi connectivity index (χ0v) is 21.9. The van der Waals surface area contributed by atoms with E-state index in [0.717, 1.165) is 0 Å². The summed E-state index contributed by atoms with van der Waals surface area (Å²) >= 11 is 0. The molecule has 3 aromatic carbocycles. The minimum absolute atomic E-state index is 0.000157. The second-order valence-corrected chi connectivity index (χ2v) is 11.0. The second-order valence-electron chi connectivity index (χ2n) is 8.76. The first kappa shape index (κ1) is 27.8. The number of rotatable bonds is 8. The number of alkyl halides is 3. The van der Waals surface area contributed by atoms with Crippen molar-refractivity contribution >= 4 is 21.4 Å². The Morgan fingerprint density at radius 3 is 2.31 bits per heavy atom. The van der Waals surface area contributed by atoms with Gasteiger partial charge in [-0.2, -0.15) is 0 Å². The molecule has 4 aromatic rings. The molecule has 0 radical (unpaired) electrons. The number of ether oxygens (including phenoxy) is 1. The van der Waals surface area contributed by atoms with E-state index in [-0.39, 0.29) is 34.3 Å². The summed E-state index contributed by atoms with van der Waals surface area (Å²) in [5.41, 5.74) is 3.76. The zero-order chi connectivity index (χ0) is 28.2. The van der Waals surface area contributed by atoms with Crippen molar-refractivity contribution in [1.29, 1.82) is 0 Å². The number of carbonyl (C=O) groups excluding carboxylic acids is 1. The van der Waals surface area contributed by atoms with Gasteiger partial charge >= 0.3 is 6.36 Å². The van der Waals surface area contributed by atoms with Crippen molar-refractivity contribution < 1.29 is 31.1 Å². The third kappa shape index (κ3) is 7.02. The summed E-state index contributed by atoms with van der Waals surface area (Å²) in [6.07, 6.45) is -3.27. The van der Waals surface area contributed by atoms with Gasteiger partial charge in [-0.15, -0.1) is 13.2 Å². The van der Waals surface area contributed by atoms with Gasteiger partial charge in [0.2, 0.25) is 5.91 Å². The molecule has 202 valence electrons. The van der Waals surface area contributed by atoms with E-state index in [9.17, 15) is 26.4 Å². The van der Waals surface area contributed by atoms with Gasteiger partial charge in [-0.25, -0.2) is 8.42 Å². The Labute approximate surface area is 224 Å². The maximum Gasteiger partial charge on any atom is 0.573 e. The molecule has 0 bridgehead atoms. The van der Waals surface area contributed by atoms with Crippen molar-refractivity contribution in [3.8, 4) is 28.0 Å². The predicted octanol–water partition coefficient (Wildman–Crippen LogP) is 6.60. The molecule has 0 unspecified atom stereocenters. The summed E-state index contributed by atoms with van der Waals surface area (Å²) in [5.74, 6) is -0.705. The summed E-state index contributed by atoms with van der Waals surface area (Å²) in [4.78, 5) is 17.2. The molecule has 0 fully saturated rings. The highest BCUT2D eigenvalue weighted by molar-refractivity contribution is 7.91.